The Bertz CT molecular complexity index is 980. The van der Waals surface area contributed by atoms with Gasteiger partial charge in [0.2, 0.25) is 0 Å². The number of aliphatic carboxylic acids is 1. The second kappa shape index (κ2) is 12.4. The van der Waals surface area contributed by atoms with Gasteiger partial charge in [-0.1, -0.05) is 30.3 Å². The number of carbonyl (C=O) groups is 3. The average Bonchev–Trinajstić information content (AvgIpc) is 3.17. The molecule has 2 aromatic rings. The Morgan fingerprint density at radius 3 is 2.18 bits per heavy atom. The highest BCUT2D eigenvalue weighted by Crippen LogP contribution is 2.25. The molecule has 0 bridgehead atoms. The van der Waals surface area contributed by atoms with Crippen molar-refractivity contribution in [3.8, 4) is 0 Å². The highest BCUT2D eigenvalue weighted by Gasteiger charge is 2.27. The molecule has 33 heavy (non-hydrogen) atoms. The second-order valence-electron chi connectivity index (χ2n) is 7.46. The number of halogens is 2. The van der Waals surface area contributed by atoms with E-state index in [-0.39, 0.29) is 49.7 Å². The molecule has 0 saturated carbocycles. The fourth-order valence-corrected chi connectivity index (χ4v) is 3.62. The van der Waals surface area contributed by atoms with Crippen LogP contribution in [0, 0.1) is 6.92 Å². The number of hydrogen-bond acceptors (Lipinski definition) is 6. The molecule has 3 rings (SSSR count). The van der Waals surface area contributed by atoms with Crippen LogP contribution in [0.15, 0.2) is 42.5 Å². The average molecular weight is 498 g/mol. The van der Waals surface area contributed by atoms with Gasteiger partial charge in [0.05, 0.1) is 6.54 Å². The van der Waals surface area contributed by atoms with Gasteiger partial charge in [0, 0.05) is 38.4 Å². The third-order valence-corrected chi connectivity index (χ3v) is 5.31. The van der Waals surface area contributed by atoms with E-state index < -0.39 is 5.97 Å². The molecule has 9 nitrogen and oxygen atoms in total. The summed E-state index contributed by atoms with van der Waals surface area (Å²) in [6.45, 7) is 2.56. The summed E-state index contributed by atoms with van der Waals surface area (Å²) in [7, 11) is 3.27. The molecule has 2 amide bonds. The van der Waals surface area contributed by atoms with Crippen LogP contribution >= 0.6 is 24.8 Å². The van der Waals surface area contributed by atoms with Crippen LogP contribution in [0.25, 0.3) is 0 Å². The molecular formula is C22H29Cl2N5O4. The smallest absolute Gasteiger partial charge is 0.323 e. The van der Waals surface area contributed by atoms with E-state index in [2.05, 4.69) is 10.9 Å². The predicted octanol–water partition coefficient (Wildman–Crippen LogP) is 1.98. The first kappa shape index (κ1) is 28.2. The van der Waals surface area contributed by atoms with Crippen LogP contribution < -0.4 is 15.8 Å². The number of hydrogen-bond donors (Lipinski definition) is 3. The van der Waals surface area contributed by atoms with E-state index >= 15 is 0 Å². The molecule has 1 heterocycles. The van der Waals surface area contributed by atoms with Crippen molar-refractivity contribution < 1.29 is 19.5 Å². The normalized spacial score (nSPS) is 12.1. The van der Waals surface area contributed by atoms with Crippen LogP contribution in [0.2, 0.25) is 0 Å². The van der Waals surface area contributed by atoms with Crippen LogP contribution in [0.1, 0.15) is 27.0 Å². The Balaban J connectivity index is 0.00000272. The number of nitrogens with one attached hydrogen (secondary N) is 2. The third kappa shape index (κ3) is 6.82. The maximum Gasteiger partial charge on any atom is 0.323 e. The summed E-state index contributed by atoms with van der Waals surface area (Å²) in [5, 5.41) is 12.9. The Hall–Kier alpha value is -2.85. The summed E-state index contributed by atoms with van der Waals surface area (Å²) in [6.07, 6.45) is 0. The molecule has 0 atom stereocenters. The fraction of sp³-hybridized carbons (Fsp3) is 0.318. The van der Waals surface area contributed by atoms with E-state index in [4.69, 9.17) is 0 Å². The molecule has 0 fully saturated rings. The Kier molecular flexibility index (Phi) is 10.6. The minimum absolute atomic E-state index is 0. The van der Waals surface area contributed by atoms with Gasteiger partial charge in [-0.2, -0.15) is 0 Å². The van der Waals surface area contributed by atoms with E-state index in [1.54, 1.807) is 37.3 Å². The maximum absolute atomic E-state index is 13.0. The van der Waals surface area contributed by atoms with Gasteiger partial charge in [-0.25, -0.2) is 10.4 Å². The van der Waals surface area contributed by atoms with Gasteiger partial charge >= 0.3 is 5.97 Å². The molecule has 0 spiro atoms. The molecule has 0 unspecified atom stereocenters. The minimum atomic E-state index is -1.06. The van der Waals surface area contributed by atoms with E-state index in [1.165, 1.54) is 16.0 Å². The lowest BCUT2D eigenvalue weighted by Crippen LogP contribution is -2.47. The molecular weight excluding hydrogens is 469 g/mol. The molecule has 1 aliphatic rings. The number of carboxylic acids is 1. The Morgan fingerprint density at radius 1 is 1.03 bits per heavy atom. The van der Waals surface area contributed by atoms with Gasteiger partial charge in [-0.15, -0.1) is 24.8 Å². The first-order chi connectivity index (χ1) is 14.8. The molecule has 0 saturated heterocycles. The number of fused-ring (bicyclic) bond motifs is 1. The number of carboxylic acid groups (broad SMARTS) is 1. The standard InChI is InChI=1S/C22H27N5O4.2ClH/c1-15-8-9-16(22(31)24-23-2)10-19(15)26(14-21(29)30)13-20(28)25(3)27-11-17-6-4-5-7-18(17)12-27;;/h4-10,23H,11-14H2,1-3H3,(H,24,31)(H,29,30);2*1H. The van der Waals surface area contributed by atoms with E-state index in [0.29, 0.717) is 24.3 Å². The highest BCUT2D eigenvalue weighted by atomic mass is 35.5. The first-order valence-electron chi connectivity index (χ1n) is 9.92. The zero-order valence-electron chi connectivity index (χ0n) is 18.7. The van der Waals surface area contributed by atoms with E-state index in [1.807, 2.05) is 36.2 Å². The van der Waals surface area contributed by atoms with Crippen molar-refractivity contribution in [2.45, 2.75) is 20.0 Å². The van der Waals surface area contributed by atoms with Crippen LogP contribution in [0.5, 0.6) is 0 Å². The number of benzene rings is 2. The van der Waals surface area contributed by atoms with Crippen molar-refractivity contribution in [2.24, 2.45) is 0 Å². The Labute approximate surface area is 205 Å². The number of amides is 2. The zero-order chi connectivity index (χ0) is 22.5. The highest BCUT2D eigenvalue weighted by molar-refractivity contribution is 5.95. The number of hydrazine groups is 2. The summed E-state index contributed by atoms with van der Waals surface area (Å²) in [4.78, 5) is 38.2. The number of rotatable bonds is 8. The molecule has 180 valence electrons. The molecule has 11 heteroatoms. The number of carbonyl (C=O) groups excluding carboxylic acids is 2. The van der Waals surface area contributed by atoms with Crippen molar-refractivity contribution in [2.75, 3.05) is 32.1 Å². The largest absolute Gasteiger partial charge is 0.480 e. The predicted molar refractivity (Wildman–Crippen MR) is 131 cm³/mol. The van der Waals surface area contributed by atoms with E-state index in [9.17, 15) is 19.5 Å². The lowest BCUT2D eigenvalue weighted by atomic mass is 10.1. The van der Waals surface area contributed by atoms with Crippen molar-refractivity contribution in [3.63, 3.8) is 0 Å². The van der Waals surface area contributed by atoms with E-state index in [0.717, 1.165) is 5.56 Å². The van der Waals surface area contributed by atoms with Crippen molar-refractivity contribution >= 4 is 48.3 Å². The van der Waals surface area contributed by atoms with Gasteiger partial charge < -0.3 is 10.0 Å². The van der Waals surface area contributed by atoms with Crippen LogP contribution in [0.4, 0.5) is 5.69 Å². The number of nitrogens with zero attached hydrogens (tertiary/aromatic N) is 3. The van der Waals surface area contributed by atoms with Crippen molar-refractivity contribution in [3.05, 3.63) is 64.7 Å². The summed E-state index contributed by atoms with van der Waals surface area (Å²) in [5.74, 6) is -1.65. The molecule has 0 aliphatic carbocycles. The molecule has 3 N–H and O–H groups in total. The number of anilines is 1. The minimum Gasteiger partial charge on any atom is -0.480 e. The number of aryl methyl sites for hydroxylation is 1. The summed E-state index contributed by atoms with van der Waals surface area (Å²) >= 11 is 0. The monoisotopic (exact) mass is 497 g/mol. The summed E-state index contributed by atoms with van der Waals surface area (Å²) in [6, 6.07) is 13.0. The molecule has 2 aromatic carbocycles. The van der Waals surface area contributed by atoms with Gasteiger partial charge in [0.1, 0.15) is 6.54 Å². The Morgan fingerprint density at radius 2 is 1.64 bits per heavy atom. The van der Waals surface area contributed by atoms with Crippen LogP contribution in [0.3, 0.4) is 0 Å². The zero-order valence-corrected chi connectivity index (χ0v) is 20.3. The van der Waals surface area contributed by atoms with Gasteiger partial charge in [0.25, 0.3) is 11.8 Å². The molecule has 1 aliphatic heterocycles. The first-order valence-corrected chi connectivity index (χ1v) is 9.92. The maximum atomic E-state index is 13.0. The summed E-state index contributed by atoms with van der Waals surface area (Å²) in [5.41, 5.74) is 9.06. The summed E-state index contributed by atoms with van der Waals surface area (Å²) < 4.78 is 0. The second-order valence-corrected chi connectivity index (χ2v) is 7.46. The van der Waals surface area contributed by atoms with Crippen LogP contribution in [-0.4, -0.2) is 60.1 Å². The third-order valence-electron chi connectivity index (χ3n) is 5.31. The fourth-order valence-electron chi connectivity index (χ4n) is 3.62. The number of likely N-dealkylation sites (N-methyl/N-ethyl adjacent to an activating group) is 1. The quantitative estimate of drug-likeness (QED) is 0.478. The van der Waals surface area contributed by atoms with Crippen molar-refractivity contribution in [1.82, 2.24) is 20.9 Å². The lowest BCUT2D eigenvalue weighted by molar-refractivity contribution is -0.145. The van der Waals surface area contributed by atoms with Gasteiger partial charge in [0.15, 0.2) is 0 Å². The van der Waals surface area contributed by atoms with Crippen LogP contribution in [-0.2, 0) is 22.7 Å². The topological polar surface area (TPSA) is 105 Å². The molecule has 0 radical (unpaired) electrons. The lowest BCUT2D eigenvalue weighted by Gasteiger charge is -2.31. The molecule has 0 aromatic heterocycles. The van der Waals surface area contributed by atoms with Gasteiger partial charge in [-0.3, -0.25) is 24.8 Å². The van der Waals surface area contributed by atoms with Crippen molar-refractivity contribution in [1.29, 1.82) is 0 Å². The SMILES string of the molecule is CNNC(=O)c1ccc(C)c(N(CC(=O)O)CC(=O)N(C)N2Cc3ccccc3C2)c1.Cl.Cl. The van der Waals surface area contributed by atoms with Gasteiger partial charge in [-0.05, 0) is 35.7 Å².